The van der Waals surface area contributed by atoms with E-state index in [2.05, 4.69) is 25.1 Å². The lowest BCUT2D eigenvalue weighted by Gasteiger charge is -2.15. The fraction of sp³-hybridized carbons (Fsp3) is 0.538. The quantitative estimate of drug-likeness (QED) is 0.822. The molecule has 0 saturated carbocycles. The van der Waals surface area contributed by atoms with Gasteiger partial charge in [0.2, 0.25) is 0 Å². The maximum atomic E-state index is 5.67. The maximum absolute atomic E-state index is 5.67. The SMILES string of the molecule is COc1cccc2c1CC(C)C2CCN. The Morgan fingerprint density at radius 1 is 1.47 bits per heavy atom. The number of rotatable bonds is 3. The molecule has 0 bridgehead atoms. The third kappa shape index (κ3) is 1.74. The van der Waals surface area contributed by atoms with E-state index in [0.29, 0.717) is 11.8 Å². The molecule has 15 heavy (non-hydrogen) atoms. The number of benzene rings is 1. The first-order valence-corrected chi connectivity index (χ1v) is 5.63. The molecule has 2 unspecified atom stereocenters. The Bertz CT molecular complexity index is 348. The normalized spacial score (nSPS) is 23.9. The molecule has 0 spiro atoms. The van der Waals surface area contributed by atoms with E-state index in [0.717, 1.165) is 25.1 Å². The van der Waals surface area contributed by atoms with Gasteiger partial charge in [0.1, 0.15) is 5.75 Å². The summed E-state index contributed by atoms with van der Waals surface area (Å²) in [5.41, 5.74) is 8.51. The molecule has 82 valence electrons. The van der Waals surface area contributed by atoms with E-state index in [4.69, 9.17) is 10.5 Å². The monoisotopic (exact) mass is 205 g/mol. The topological polar surface area (TPSA) is 35.2 Å². The zero-order valence-electron chi connectivity index (χ0n) is 9.49. The lowest BCUT2D eigenvalue weighted by Crippen LogP contribution is -2.10. The minimum atomic E-state index is 0.625. The lowest BCUT2D eigenvalue weighted by atomic mass is 9.91. The van der Waals surface area contributed by atoms with E-state index in [1.54, 1.807) is 7.11 Å². The Morgan fingerprint density at radius 3 is 2.93 bits per heavy atom. The highest BCUT2D eigenvalue weighted by Gasteiger charge is 2.30. The molecule has 1 aliphatic carbocycles. The van der Waals surface area contributed by atoms with Gasteiger partial charge in [0, 0.05) is 0 Å². The molecule has 2 nitrogen and oxygen atoms in total. The van der Waals surface area contributed by atoms with Gasteiger partial charge in [-0.1, -0.05) is 19.1 Å². The molecule has 0 fully saturated rings. The van der Waals surface area contributed by atoms with Crippen LogP contribution in [0.3, 0.4) is 0 Å². The van der Waals surface area contributed by atoms with Crippen molar-refractivity contribution in [3.63, 3.8) is 0 Å². The van der Waals surface area contributed by atoms with Gasteiger partial charge >= 0.3 is 0 Å². The lowest BCUT2D eigenvalue weighted by molar-refractivity contribution is 0.408. The standard InChI is InChI=1S/C13H19NO/c1-9-8-12-11(10(9)6-7-14)4-3-5-13(12)15-2/h3-5,9-10H,6-8,14H2,1-2H3. The number of nitrogens with two attached hydrogens (primary N) is 1. The Morgan fingerprint density at radius 2 is 2.27 bits per heavy atom. The van der Waals surface area contributed by atoms with Crippen molar-refractivity contribution >= 4 is 0 Å². The van der Waals surface area contributed by atoms with E-state index in [1.807, 2.05) is 0 Å². The first-order chi connectivity index (χ1) is 7.27. The highest BCUT2D eigenvalue weighted by molar-refractivity contribution is 5.46. The van der Waals surface area contributed by atoms with Gasteiger partial charge in [0.15, 0.2) is 0 Å². The third-order valence-corrected chi connectivity index (χ3v) is 3.48. The summed E-state index contributed by atoms with van der Waals surface area (Å²) in [7, 11) is 1.75. The zero-order valence-corrected chi connectivity index (χ0v) is 9.49. The van der Waals surface area contributed by atoms with Crippen molar-refractivity contribution < 1.29 is 4.74 Å². The molecular weight excluding hydrogens is 186 g/mol. The van der Waals surface area contributed by atoms with Crippen LogP contribution in [0.4, 0.5) is 0 Å². The molecule has 0 amide bonds. The molecule has 1 aliphatic rings. The average molecular weight is 205 g/mol. The number of hydrogen-bond donors (Lipinski definition) is 1. The van der Waals surface area contributed by atoms with Crippen molar-refractivity contribution in [2.75, 3.05) is 13.7 Å². The summed E-state index contributed by atoms with van der Waals surface area (Å²) in [6.45, 7) is 3.07. The minimum Gasteiger partial charge on any atom is -0.496 e. The van der Waals surface area contributed by atoms with Gasteiger partial charge in [-0.3, -0.25) is 0 Å². The van der Waals surface area contributed by atoms with Crippen LogP contribution in [0.15, 0.2) is 18.2 Å². The van der Waals surface area contributed by atoms with Crippen LogP contribution in [-0.4, -0.2) is 13.7 Å². The Hall–Kier alpha value is -1.02. The summed E-state index contributed by atoms with van der Waals surface area (Å²) in [6.07, 6.45) is 2.21. The first kappa shape index (κ1) is 10.5. The van der Waals surface area contributed by atoms with Crippen molar-refractivity contribution in [3.05, 3.63) is 29.3 Å². The summed E-state index contributed by atoms with van der Waals surface area (Å²) >= 11 is 0. The molecular formula is C13H19NO. The molecule has 0 radical (unpaired) electrons. The molecule has 0 aliphatic heterocycles. The number of ether oxygens (including phenoxy) is 1. The fourth-order valence-corrected chi connectivity index (χ4v) is 2.73. The molecule has 0 saturated heterocycles. The van der Waals surface area contributed by atoms with Gasteiger partial charge in [-0.25, -0.2) is 0 Å². The predicted octanol–water partition coefficient (Wildman–Crippen LogP) is 2.32. The summed E-state index contributed by atoms with van der Waals surface area (Å²) in [6, 6.07) is 6.36. The number of hydrogen-bond acceptors (Lipinski definition) is 2. The Labute approximate surface area is 91.4 Å². The van der Waals surface area contributed by atoms with Gasteiger partial charge in [-0.05, 0) is 48.4 Å². The maximum Gasteiger partial charge on any atom is 0.122 e. The second kappa shape index (κ2) is 4.23. The summed E-state index contributed by atoms with van der Waals surface area (Å²) in [5, 5.41) is 0. The third-order valence-electron chi connectivity index (χ3n) is 3.48. The smallest absolute Gasteiger partial charge is 0.122 e. The second-order valence-electron chi connectivity index (χ2n) is 4.39. The Kier molecular flexibility index (Phi) is 2.96. The highest BCUT2D eigenvalue weighted by Crippen LogP contribution is 2.43. The molecule has 2 N–H and O–H groups in total. The average Bonchev–Trinajstić information content (AvgIpc) is 2.56. The van der Waals surface area contributed by atoms with E-state index < -0.39 is 0 Å². The van der Waals surface area contributed by atoms with Crippen molar-refractivity contribution in [1.82, 2.24) is 0 Å². The van der Waals surface area contributed by atoms with Crippen molar-refractivity contribution in [1.29, 1.82) is 0 Å². The van der Waals surface area contributed by atoms with Gasteiger partial charge < -0.3 is 10.5 Å². The van der Waals surface area contributed by atoms with Crippen LogP contribution in [0, 0.1) is 5.92 Å². The molecule has 2 rings (SSSR count). The predicted molar refractivity (Wildman–Crippen MR) is 62.3 cm³/mol. The van der Waals surface area contributed by atoms with E-state index in [9.17, 15) is 0 Å². The van der Waals surface area contributed by atoms with Crippen LogP contribution in [0.5, 0.6) is 5.75 Å². The van der Waals surface area contributed by atoms with Crippen LogP contribution in [0.25, 0.3) is 0 Å². The molecule has 0 heterocycles. The second-order valence-corrected chi connectivity index (χ2v) is 4.39. The fourth-order valence-electron chi connectivity index (χ4n) is 2.73. The van der Waals surface area contributed by atoms with Gasteiger partial charge in [0.25, 0.3) is 0 Å². The van der Waals surface area contributed by atoms with Gasteiger partial charge in [0.05, 0.1) is 7.11 Å². The van der Waals surface area contributed by atoms with Crippen molar-refractivity contribution in [2.45, 2.75) is 25.7 Å². The summed E-state index contributed by atoms with van der Waals surface area (Å²) in [4.78, 5) is 0. The van der Waals surface area contributed by atoms with E-state index in [1.165, 1.54) is 11.1 Å². The minimum absolute atomic E-state index is 0.625. The first-order valence-electron chi connectivity index (χ1n) is 5.63. The van der Waals surface area contributed by atoms with Gasteiger partial charge in [-0.2, -0.15) is 0 Å². The molecule has 2 heteroatoms. The van der Waals surface area contributed by atoms with E-state index >= 15 is 0 Å². The van der Waals surface area contributed by atoms with Crippen molar-refractivity contribution in [2.24, 2.45) is 11.7 Å². The molecule has 2 atom stereocenters. The number of fused-ring (bicyclic) bond motifs is 1. The summed E-state index contributed by atoms with van der Waals surface area (Å²) in [5.74, 6) is 2.36. The number of methoxy groups -OCH3 is 1. The van der Waals surface area contributed by atoms with Crippen LogP contribution in [0.1, 0.15) is 30.4 Å². The van der Waals surface area contributed by atoms with Crippen molar-refractivity contribution in [3.8, 4) is 5.75 Å². The highest BCUT2D eigenvalue weighted by atomic mass is 16.5. The molecule has 1 aromatic carbocycles. The van der Waals surface area contributed by atoms with Crippen LogP contribution in [0.2, 0.25) is 0 Å². The Balaban J connectivity index is 2.37. The molecule has 1 aromatic rings. The molecule has 0 aromatic heterocycles. The van der Waals surface area contributed by atoms with Crippen LogP contribution < -0.4 is 10.5 Å². The zero-order chi connectivity index (χ0) is 10.8. The largest absolute Gasteiger partial charge is 0.496 e. The van der Waals surface area contributed by atoms with Gasteiger partial charge in [-0.15, -0.1) is 0 Å². The van der Waals surface area contributed by atoms with Crippen LogP contribution in [-0.2, 0) is 6.42 Å². The van der Waals surface area contributed by atoms with E-state index in [-0.39, 0.29) is 0 Å². The summed E-state index contributed by atoms with van der Waals surface area (Å²) < 4.78 is 5.40. The van der Waals surface area contributed by atoms with Crippen LogP contribution >= 0.6 is 0 Å².